The standard InChI is InChI=1S/C12H13B2NO/c1-5-8(16)12-10(14)7(4)9(13)11(15-12)6(2)3/h5-6H,1H2,2-4H3. The SMILES string of the molecule is [B]c1c(C(=O)C=C)nc(C(C)C)c([B])c1C. The first-order valence-corrected chi connectivity index (χ1v) is 5.12. The minimum Gasteiger partial charge on any atom is -0.288 e. The molecule has 16 heavy (non-hydrogen) atoms. The molecule has 0 aliphatic rings. The van der Waals surface area contributed by atoms with Crippen molar-refractivity contribution in [1.82, 2.24) is 4.98 Å². The van der Waals surface area contributed by atoms with Crippen molar-refractivity contribution in [2.75, 3.05) is 0 Å². The number of allylic oxidation sites excluding steroid dienone is 1. The van der Waals surface area contributed by atoms with Crippen molar-refractivity contribution in [3.05, 3.63) is 29.6 Å². The molecule has 4 heteroatoms. The van der Waals surface area contributed by atoms with Gasteiger partial charge < -0.3 is 0 Å². The summed E-state index contributed by atoms with van der Waals surface area (Å²) >= 11 is 0. The van der Waals surface area contributed by atoms with Crippen LogP contribution in [0.2, 0.25) is 0 Å². The Morgan fingerprint density at radius 1 is 1.38 bits per heavy atom. The number of aromatic nitrogens is 1. The summed E-state index contributed by atoms with van der Waals surface area (Å²) < 4.78 is 0. The molecule has 2 nitrogen and oxygen atoms in total. The lowest BCUT2D eigenvalue weighted by atomic mass is 9.77. The predicted molar refractivity (Wildman–Crippen MR) is 68.4 cm³/mol. The largest absolute Gasteiger partial charge is 0.288 e. The molecule has 0 aromatic carbocycles. The Bertz CT molecular complexity index is 453. The van der Waals surface area contributed by atoms with Crippen LogP contribution >= 0.6 is 0 Å². The Morgan fingerprint density at radius 3 is 2.38 bits per heavy atom. The summed E-state index contributed by atoms with van der Waals surface area (Å²) in [5.41, 5.74) is 2.56. The maximum absolute atomic E-state index is 11.6. The van der Waals surface area contributed by atoms with Crippen molar-refractivity contribution in [2.45, 2.75) is 26.7 Å². The molecule has 78 valence electrons. The normalized spacial score (nSPS) is 10.5. The number of hydrogen-bond donors (Lipinski definition) is 0. The Hall–Kier alpha value is -1.31. The van der Waals surface area contributed by atoms with E-state index in [9.17, 15) is 4.79 Å². The molecular formula is C12H13B2NO. The Morgan fingerprint density at radius 2 is 1.94 bits per heavy atom. The predicted octanol–water partition coefficient (Wildman–Crippen LogP) is 0.470. The number of carbonyl (C=O) groups excluding carboxylic acids is 1. The van der Waals surface area contributed by atoms with Crippen molar-refractivity contribution in [2.24, 2.45) is 0 Å². The molecule has 0 aliphatic heterocycles. The molecule has 0 N–H and O–H groups in total. The van der Waals surface area contributed by atoms with Gasteiger partial charge in [-0.1, -0.05) is 36.9 Å². The molecular weight excluding hydrogens is 196 g/mol. The summed E-state index contributed by atoms with van der Waals surface area (Å²) in [6.07, 6.45) is 1.21. The molecule has 4 radical (unpaired) electrons. The first-order valence-electron chi connectivity index (χ1n) is 5.12. The number of hydrogen-bond acceptors (Lipinski definition) is 2. The van der Waals surface area contributed by atoms with Crippen LogP contribution in [0, 0.1) is 6.92 Å². The second-order valence-electron chi connectivity index (χ2n) is 4.02. The maximum Gasteiger partial charge on any atom is 0.202 e. The topological polar surface area (TPSA) is 30.0 Å². The Labute approximate surface area is 99.0 Å². The van der Waals surface area contributed by atoms with E-state index in [1.54, 1.807) is 6.92 Å². The molecule has 0 unspecified atom stereocenters. The average molecular weight is 209 g/mol. The van der Waals surface area contributed by atoms with Gasteiger partial charge in [-0.05, 0) is 18.9 Å². The first kappa shape index (κ1) is 12.8. The van der Waals surface area contributed by atoms with Crippen LogP contribution in [0.5, 0.6) is 0 Å². The number of carbonyl (C=O) groups is 1. The van der Waals surface area contributed by atoms with E-state index in [0.717, 1.165) is 0 Å². The Kier molecular flexibility index (Phi) is 3.74. The summed E-state index contributed by atoms with van der Waals surface area (Å²) in [6, 6.07) is 0. The molecule has 1 aromatic heterocycles. The van der Waals surface area contributed by atoms with Crippen molar-refractivity contribution in [3.63, 3.8) is 0 Å². The van der Waals surface area contributed by atoms with Gasteiger partial charge in [0.1, 0.15) is 21.4 Å². The van der Waals surface area contributed by atoms with Gasteiger partial charge in [0.25, 0.3) is 0 Å². The molecule has 0 spiro atoms. The lowest BCUT2D eigenvalue weighted by molar-refractivity contribution is 0.104. The van der Waals surface area contributed by atoms with Gasteiger partial charge in [0.15, 0.2) is 0 Å². The second-order valence-corrected chi connectivity index (χ2v) is 4.02. The lowest BCUT2D eigenvalue weighted by Gasteiger charge is -2.16. The molecule has 0 saturated heterocycles. The van der Waals surface area contributed by atoms with E-state index in [1.165, 1.54) is 6.08 Å². The maximum atomic E-state index is 11.6. The minimum absolute atomic E-state index is 0.149. The van der Waals surface area contributed by atoms with E-state index in [2.05, 4.69) is 11.6 Å². The van der Waals surface area contributed by atoms with E-state index < -0.39 is 0 Å². The molecule has 0 saturated carbocycles. The average Bonchev–Trinajstić information content (AvgIpc) is 2.25. The van der Waals surface area contributed by atoms with E-state index in [-0.39, 0.29) is 17.4 Å². The monoisotopic (exact) mass is 209 g/mol. The number of nitrogens with zero attached hydrogens (tertiary/aromatic N) is 1. The fourth-order valence-corrected chi connectivity index (χ4v) is 1.48. The van der Waals surface area contributed by atoms with Crippen molar-refractivity contribution >= 4 is 32.4 Å². The lowest BCUT2D eigenvalue weighted by Crippen LogP contribution is -2.31. The molecule has 1 heterocycles. The zero-order valence-electron chi connectivity index (χ0n) is 9.87. The third kappa shape index (κ3) is 2.11. The van der Waals surface area contributed by atoms with Gasteiger partial charge in [0, 0.05) is 5.69 Å². The zero-order valence-corrected chi connectivity index (χ0v) is 9.87. The summed E-state index contributed by atoms with van der Waals surface area (Å²) in [5, 5.41) is 0. The molecule has 0 atom stereocenters. The van der Waals surface area contributed by atoms with E-state index in [1.807, 2.05) is 13.8 Å². The van der Waals surface area contributed by atoms with Crippen LogP contribution in [0.4, 0.5) is 0 Å². The molecule has 0 amide bonds. The van der Waals surface area contributed by atoms with Crippen molar-refractivity contribution in [1.29, 1.82) is 0 Å². The zero-order chi connectivity index (χ0) is 12.5. The van der Waals surface area contributed by atoms with Crippen LogP contribution in [0.3, 0.4) is 0 Å². The van der Waals surface area contributed by atoms with Gasteiger partial charge in [-0.25, -0.2) is 0 Å². The van der Waals surface area contributed by atoms with Gasteiger partial charge in [0.2, 0.25) is 5.78 Å². The number of pyridine rings is 1. The Balaban J connectivity index is 3.53. The second kappa shape index (κ2) is 4.69. The molecule has 1 aromatic rings. The summed E-state index contributed by atoms with van der Waals surface area (Å²) in [4.78, 5) is 15.8. The highest BCUT2D eigenvalue weighted by molar-refractivity contribution is 6.42. The van der Waals surface area contributed by atoms with Crippen LogP contribution in [0.25, 0.3) is 0 Å². The molecule has 0 bridgehead atoms. The molecule has 1 rings (SSSR count). The van der Waals surface area contributed by atoms with Gasteiger partial charge in [-0.3, -0.25) is 9.78 Å². The van der Waals surface area contributed by atoms with E-state index >= 15 is 0 Å². The fraction of sp³-hybridized carbons (Fsp3) is 0.333. The molecule has 0 fully saturated rings. The smallest absolute Gasteiger partial charge is 0.202 e. The van der Waals surface area contributed by atoms with Crippen LogP contribution in [0.15, 0.2) is 12.7 Å². The number of ketones is 1. The third-order valence-corrected chi connectivity index (χ3v) is 2.54. The van der Waals surface area contributed by atoms with Crippen LogP contribution < -0.4 is 10.9 Å². The molecule has 0 aliphatic carbocycles. The highest BCUT2D eigenvalue weighted by atomic mass is 16.1. The van der Waals surface area contributed by atoms with E-state index in [4.69, 9.17) is 15.7 Å². The summed E-state index contributed by atoms with van der Waals surface area (Å²) in [6.45, 7) is 9.16. The quantitative estimate of drug-likeness (QED) is 0.411. The highest BCUT2D eigenvalue weighted by Crippen LogP contribution is 2.10. The van der Waals surface area contributed by atoms with Gasteiger partial charge in [-0.15, -0.1) is 0 Å². The van der Waals surface area contributed by atoms with E-state index in [0.29, 0.717) is 22.2 Å². The van der Waals surface area contributed by atoms with Gasteiger partial charge >= 0.3 is 0 Å². The third-order valence-electron chi connectivity index (χ3n) is 2.54. The van der Waals surface area contributed by atoms with Crippen molar-refractivity contribution in [3.8, 4) is 0 Å². The minimum atomic E-state index is -0.275. The van der Waals surface area contributed by atoms with Gasteiger partial charge in [-0.2, -0.15) is 0 Å². The van der Waals surface area contributed by atoms with Gasteiger partial charge in [0.05, 0.1) is 0 Å². The van der Waals surface area contributed by atoms with Crippen LogP contribution in [0.1, 0.15) is 41.5 Å². The van der Waals surface area contributed by atoms with Crippen LogP contribution in [-0.4, -0.2) is 26.5 Å². The summed E-state index contributed by atoms with van der Waals surface area (Å²) in [7, 11) is 11.7. The highest BCUT2D eigenvalue weighted by Gasteiger charge is 2.15. The first-order chi connectivity index (χ1) is 7.40. The summed E-state index contributed by atoms with van der Waals surface area (Å²) in [5.74, 6) is -0.127. The van der Waals surface area contributed by atoms with Crippen LogP contribution in [-0.2, 0) is 0 Å². The number of rotatable bonds is 3. The fourth-order valence-electron chi connectivity index (χ4n) is 1.48. The van der Waals surface area contributed by atoms with Crippen molar-refractivity contribution < 1.29 is 4.79 Å².